The SMILES string of the molecule is CC(C)(C)OC(=O)N1CCN(CCCS/C(N)=N/Cl)CC1. The number of carbonyl (C=O) groups is 1. The molecule has 1 heterocycles. The first-order valence-electron chi connectivity index (χ1n) is 7.09. The fourth-order valence-electron chi connectivity index (χ4n) is 1.97. The summed E-state index contributed by atoms with van der Waals surface area (Å²) >= 11 is 6.71. The maximum atomic E-state index is 11.9. The van der Waals surface area contributed by atoms with Crippen molar-refractivity contribution in [2.24, 2.45) is 10.2 Å². The van der Waals surface area contributed by atoms with E-state index in [-0.39, 0.29) is 6.09 Å². The minimum atomic E-state index is -0.435. The fraction of sp³-hybridized carbons (Fsp3) is 0.846. The Morgan fingerprint density at radius 3 is 2.48 bits per heavy atom. The van der Waals surface area contributed by atoms with Crippen molar-refractivity contribution in [3.63, 3.8) is 0 Å². The summed E-state index contributed by atoms with van der Waals surface area (Å²) < 4.78 is 8.76. The van der Waals surface area contributed by atoms with Gasteiger partial charge in [-0.1, -0.05) is 11.8 Å². The molecule has 122 valence electrons. The third kappa shape index (κ3) is 7.78. The largest absolute Gasteiger partial charge is 0.444 e. The van der Waals surface area contributed by atoms with Crippen LogP contribution < -0.4 is 5.73 Å². The zero-order chi connectivity index (χ0) is 15.9. The summed E-state index contributed by atoms with van der Waals surface area (Å²) in [7, 11) is 0. The van der Waals surface area contributed by atoms with Gasteiger partial charge in [0.15, 0.2) is 5.17 Å². The molecule has 0 saturated carbocycles. The van der Waals surface area contributed by atoms with E-state index in [9.17, 15) is 4.79 Å². The second-order valence-electron chi connectivity index (χ2n) is 5.93. The second-order valence-corrected chi connectivity index (χ2v) is 7.22. The molecule has 0 aromatic rings. The molecule has 1 fully saturated rings. The average Bonchev–Trinajstić information content (AvgIpc) is 2.42. The molecule has 0 unspecified atom stereocenters. The van der Waals surface area contributed by atoms with E-state index in [1.54, 1.807) is 4.90 Å². The number of carbonyl (C=O) groups excluding carboxylic acids is 1. The van der Waals surface area contributed by atoms with Crippen LogP contribution in [0.2, 0.25) is 0 Å². The number of rotatable bonds is 4. The summed E-state index contributed by atoms with van der Waals surface area (Å²) in [6.07, 6.45) is 0.799. The van der Waals surface area contributed by atoms with Crippen LogP contribution in [0.5, 0.6) is 0 Å². The molecule has 1 saturated heterocycles. The Morgan fingerprint density at radius 1 is 1.33 bits per heavy atom. The molecule has 2 N–H and O–H groups in total. The number of thioether (sulfide) groups is 1. The van der Waals surface area contributed by atoms with Gasteiger partial charge in [-0.25, -0.2) is 4.79 Å². The second kappa shape index (κ2) is 8.70. The Bertz CT molecular complexity index is 366. The van der Waals surface area contributed by atoms with Gasteiger partial charge in [-0.2, -0.15) is 4.51 Å². The lowest BCUT2D eigenvalue weighted by molar-refractivity contribution is 0.0146. The minimum absolute atomic E-state index is 0.219. The first kappa shape index (κ1) is 18.4. The van der Waals surface area contributed by atoms with Crippen molar-refractivity contribution in [1.82, 2.24) is 9.80 Å². The highest BCUT2D eigenvalue weighted by Gasteiger charge is 2.25. The predicted octanol–water partition coefficient (Wildman–Crippen LogP) is 2.13. The highest BCUT2D eigenvalue weighted by Crippen LogP contribution is 2.12. The molecule has 1 aliphatic rings. The number of amidine groups is 1. The lowest BCUT2D eigenvalue weighted by Gasteiger charge is -2.35. The molecule has 1 aliphatic heterocycles. The van der Waals surface area contributed by atoms with E-state index in [0.717, 1.165) is 31.8 Å². The first-order valence-corrected chi connectivity index (χ1v) is 8.41. The molecule has 0 aliphatic carbocycles. The summed E-state index contributed by atoms with van der Waals surface area (Å²) in [6.45, 7) is 9.83. The fourth-order valence-corrected chi connectivity index (χ4v) is 2.65. The molecule has 0 radical (unpaired) electrons. The molecular formula is C13H25ClN4O2S. The van der Waals surface area contributed by atoms with Crippen LogP contribution >= 0.6 is 23.5 Å². The van der Waals surface area contributed by atoms with Gasteiger partial charge in [0, 0.05) is 43.7 Å². The van der Waals surface area contributed by atoms with Crippen molar-refractivity contribution >= 4 is 34.8 Å². The number of hydrogen-bond donors (Lipinski definition) is 1. The number of hydrogen-bond acceptors (Lipinski definition) is 5. The number of piperazine rings is 1. The van der Waals surface area contributed by atoms with E-state index in [1.165, 1.54) is 11.8 Å². The van der Waals surface area contributed by atoms with Crippen molar-refractivity contribution < 1.29 is 9.53 Å². The van der Waals surface area contributed by atoms with E-state index in [4.69, 9.17) is 22.2 Å². The van der Waals surface area contributed by atoms with Gasteiger partial charge < -0.3 is 15.4 Å². The summed E-state index contributed by atoms with van der Waals surface area (Å²) in [5, 5.41) is 0.409. The van der Waals surface area contributed by atoms with E-state index in [2.05, 4.69) is 9.41 Å². The van der Waals surface area contributed by atoms with Gasteiger partial charge in [-0.15, -0.1) is 0 Å². The van der Waals surface area contributed by atoms with Crippen LogP contribution in [0.25, 0.3) is 0 Å². The molecule has 21 heavy (non-hydrogen) atoms. The summed E-state index contributed by atoms with van der Waals surface area (Å²) in [5.74, 6) is 0.897. The summed E-state index contributed by atoms with van der Waals surface area (Å²) in [4.78, 5) is 16.0. The van der Waals surface area contributed by atoms with Gasteiger partial charge >= 0.3 is 6.09 Å². The van der Waals surface area contributed by atoms with Crippen LogP contribution in [0.15, 0.2) is 4.51 Å². The number of nitrogens with zero attached hydrogens (tertiary/aromatic N) is 3. The van der Waals surface area contributed by atoms with E-state index in [1.807, 2.05) is 20.8 Å². The lowest BCUT2D eigenvalue weighted by atomic mass is 10.2. The number of amides is 1. The third-order valence-corrected chi connectivity index (χ3v) is 4.14. The van der Waals surface area contributed by atoms with Gasteiger partial charge in [0.25, 0.3) is 0 Å². The van der Waals surface area contributed by atoms with Gasteiger partial charge in [0.05, 0.1) is 0 Å². The lowest BCUT2D eigenvalue weighted by Crippen LogP contribution is -2.50. The first-order chi connectivity index (χ1) is 9.81. The Balaban J connectivity index is 2.19. The van der Waals surface area contributed by atoms with Crippen molar-refractivity contribution in [3.05, 3.63) is 0 Å². The highest BCUT2D eigenvalue weighted by atomic mass is 35.5. The van der Waals surface area contributed by atoms with E-state index in [0.29, 0.717) is 18.3 Å². The molecule has 1 rings (SSSR count). The van der Waals surface area contributed by atoms with E-state index >= 15 is 0 Å². The monoisotopic (exact) mass is 336 g/mol. The van der Waals surface area contributed by atoms with Crippen LogP contribution in [-0.4, -0.2) is 65.1 Å². The molecule has 0 spiro atoms. The summed E-state index contributed by atoms with van der Waals surface area (Å²) in [6, 6.07) is 0. The predicted molar refractivity (Wildman–Crippen MR) is 88.8 cm³/mol. The number of ether oxygens (including phenoxy) is 1. The zero-order valence-electron chi connectivity index (χ0n) is 13.0. The molecule has 6 nitrogen and oxygen atoms in total. The molecule has 0 aromatic heterocycles. The van der Waals surface area contributed by atoms with Crippen molar-refractivity contribution in [1.29, 1.82) is 0 Å². The van der Waals surface area contributed by atoms with Crippen LogP contribution in [0.1, 0.15) is 27.2 Å². The molecule has 0 aromatic carbocycles. The van der Waals surface area contributed by atoms with Crippen LogP contribution in [0.4, 0.5) is 4.79 Å². The molecule has 0 atom stereocenters. The third-order valence-electron chi connectivity index (χ3n) is 2.98. The molecule has 1 amide bonds. The van der Waals surface area contributed by atoms with Gasteiger partial charge in [-0.3, -0.25) is 4.90 Å². The standard InChI is InChI=1S/C13H25ClN4O2S/c1-13(2,3)20-12(19)18-8-6-17(7-9-18)5-4-10-21-11(15)16-14/h4-10H2,1-3H3,(H2,15,16). The minimum Gasteiger partial charge on any atom is -0.444 e. The van der Waals surface area contributed by atoms with Crippen LogP contribution in [0, 0.1) is 0 Å². The van der Waals surface area contributed by atoms with E-state index < -0.39 is 5.60 Å². The maximum absolute atomic E-state index is 11.9. The average molecular weight is 337 g/mol. The molecule has 8 heteroatoms. The Hall–Kier alpha value is -0.660. The molecular weight excluding hydrogens is 312 g/mol. The van der Waals surface area contributed by atoms with Crippen molar-refractivity contribution in [3.8, 4) is 0 Å². The Morgan fingerprint density at radius 2 is 1.95 bits per heavy atom. The quantitative estimate of drug-likeness (QED) is 0.484. The maximum Gasteiger partial charge on any atom is 0.410 e. The summed E-state index contributed by atoms with van der Waals surface area (Å²) in [5.41, 5.74) is 5.07. The Kier molecular flexibility index (Phi) is 7.62. The molecule has 0 bridgehead atoms. The van der Waals surface area contributed by atoms with Crippen molar-refractivity contribution in [2.75, 3.05) is 38.5 Å². The smallest absolute Gasteiger partial charge is 0.410 e. The van der Waals surface area contributed by atoms with Crippen molar-refractivity contribution in [2.45, 2.75) is 32.8 Å². The number of halogens is 1. The zero-order valence-corrected chi connectivity index (χ0v) is 14.5. The normalized spacial score (nSPS) is 17.9. The van der Waals surface area contributed by atoms with Gasteiger partial charge in [0.1, 0.15) is 5.60 Å². The topological polar surface area (TPSA) is 71.2 Å². The van der Waals surface area contributed by atoms with Crippen LogP contribution in [0.3, 0.4) is 0 Å². The van der Waals surface area contributed by atoms with Gasteiger partial charge in [0.2, 0.25) is 0 Å². The van der Waals surface area contributed by atoms with Gasteiger partial charge in [-0.05, 0) is 33.7 Å². The number of nitrogens with two attached hydrogens (primary N) is 1. The Labute approximate surface area is 136 Å². The highest BCUT2D eigenvalue weighted by molar-refractivity contribution is 8.13. The van der Waals surface area contributed by atoms with Crippen LogP contribution in [-0.2, 0) is 4.74 Å².